The van der Waals surface area contributed by atoms with Gasteiger partial charge in [0.1, 0.15) is 0 Å². The standard InChI is InChI=1S/C7H6NOS/c9-6-8-10-7-4-2-1-3-5-7/h1-5H,(H,8,9). The van der Waals surface area contributed by atoms with Crippen molar-refractivity contribution in [2.45, 2.75) is 4.90 Å². The fourth-order valence-corrected chi connectivity index (χ4v) is 1.02. The van der Waals surface area contributed by atoms with Gasteiger partial charge in [0.15, 0.2) is 0 Å². The average molecular weight is 152 g/mol. The van der Waals surface area contributed by atoms with Gasteiger partial charge in [-0.15, -0.1) is 0 Å². The topological polar surface area (TPSA) is 29.1 Å². The zero-order chi connectivity index (χ0) is 7.23. The van der Waals surface area contributed by atoms with Crippen LogP contribution in [0.4, 0.5) is 0 Å². The largest absolute Gasteiger partial charge is 0.320 e. The Kier molecular flexibility index (Phi) is 2.83. The zero-order valence-electron chi connectivity index (χ0n) is 5.20. The average Bonchev–Trinajstić information content (AvgIpc) is 2.03. The number of hydrogen-bond donors (Lipinski definition) is 1. The summed E-state index contributed by atoms with van der Waals surface area (Å²) in [4.78, 5) is 10.7. The van der Waals surface area contributed by atoms with Gasteiger partial charge in [-0.05, 0) is 24.1 Å². The van der Waals surface area contributed by atoms with Crippen molar-refractivity contribution in [3.05, 3.63) is 30.3 Å². The Bertz CT molecular complexity index is 200. The van der Waals surface area contributed by atoms with Gasteiger partial charge in [-0.3, -0.25) is 9.52 Å². The van der Waals surface area contributed by atoms with E-state index in [1.54, 1.807) is 6.41 Å². The Morgan fingerprint density at radius 3 is 2.60 bits per heavy atom. The van der Waals surface area contributed by atoms with Crippen LogP contribution in [0.5, 0.6) is 0 Å². The molecule has 1 rings (SSSR count). The van der Waals surface area contributed by atoms with Gasteiger partial charge in [-0.2, -0.15) is 0 Å². The lowest BCUT2D eigenvalue weighted by Crippen LogP contribution is -1.96. The molecule has 1 radical (unpaired) electrons. The van der Waals surface area contributed by atoms with Gasteiger partial charge in [0, 0.05) is 4.90 Å². The van der Waals surface area contributed by atoms with Crippen LogP contribution in [0.1, 0.15) is 0 Å². The van der Waals surface area contributed by atoms with E-state index in [2.05, 4.69) is 4.72 Å². The minimum absolute atomic E-state index is 1.01. The summed E-state index contributed by atoms with van der Waals surface area (Å²) in [5.74, 6) is 0. The fourth-order valence-electron chi connectivity index (χ4n) is 0.568. The van der Waals surface area contributed by atoms with Crippen LogP contribution in [0.2, 0.25) is 0 Å². The third-order valence-electron chi connectivity index (χ3n) is 0.954. The second kappa shape index (κ2) is 3.95. The van der Waals surface area contributed by atoms with Crippen LogP contribution in [0.25, 0.3) is 0 Å². The molecular formula is C7H6NOS. The van der Waals surface area contributed by atoms with Crippen molar-refractivity contribution in [2.24, 2.45) is 0 Å². The van der Waals surface area contributed by atoms with Crippen molar-refractivity contribution in [1.82, 2.24) is 4.72 Å². The maximum atomic E-state index is 9.72. The van der Waals surface area contributed by atoms with E-state index < -0.39 is 0 Å². The Morgan fingerprint density at radius 1 is 1.30 bits per heavy atom. The van der Waals surface area contributed by atoms with Crippen LogP contribution in [-0.4, -0.2) is 6.41 Å². The summed E-state index contributed by atoms with van der Waals surface area (Å²) in [6.45, 7) is 0. The number of amides is 1. The maximum Gasteiger partial charge on any atom is 0.320 e. The van der Waals surface area contributed by atoms with E-state index in [-0.39, 0.29) is 0 Å². The van der Waals surface area contributed by atoms with Crippen LogP contribution >= 0.6 is 11.9 Å². The van der Waals surface area contributed by atoms with E-state index in [1.807, 2.05) is 30.3 Å². The predicted molar refractivity (Wildman–Crippen MR) is 41.1 cm³/mol. The lowest BCUT2D eigenvalue weighted by atomic mass is 10.4. The molecule has 0 saturated heterocycles. The summed E-state index contributed by atoms with van der Waals surface area (Å²) in [5.41, 5.74) is 0. The molecule has 0 aliphatic heterocycles. The van der Waals surface area contributed by atoms with Crippen molar-refractivity contribution in [3.8, 4) is 0 Å². The smallest absolute Gasteiger partial charge is 0.288 e. The number of benzene rings is 1. The number of hydrogen-bond acceptors (Lipinski definition) is 2. The summed E-state index contributed by atoms with van der Waals surface area (Å²) in [6.07, 6.45) is 1.58. The first-order valence-electron chi connectivity index (χ1n) is 2.77. The number of carbonyl (C=O) groups excluding carboxylic acids is 1. The highest BCUT2D eigenvalue weighted by atomic mass is 32.2. The maximum absolute atomic E-state index is 9.72. The highest BCUT2D eigenvalue weighted by Gasteiger charge is 1.87. The molecule has 1 aromatic rings. The van der Waals surface area contributed by atoms with E-state index in [9.17, 15) is 4.79 Å². The van der Waals surface area contributed by atoms with Crippen molar-refractivity contribution >= 4 is 18.4 Å². The number of rotatable bonds is 3. The molecule has 0 spiro atoms. The summed E-state index contributed by atoms with van der Waals surface area (Å²) < 4.78 is 2.38. The Labute approximate surface area is 63.8 Å². The van der Waals surface area contributed by atoms with E-state index in [4.69, 9.17) is 0 Å². The van der Waals surface area contributed by atoms with Crippen LogP contribution in [0.3, 0.4) is 0 Å². The van der Waals surface area contributed by atoms with Crippen molar-refractivity contribution < 1.29 is 4.79 Å². The molecule has 1 N–H and O–H groups in total. The van der Waals surface area contributed by atoms with Crippen LogP contribution in [-0.2, 0) is 4.79 Å². The summed E-state index contributed by atoms with van der Waals surface area (Å²) in [5, 5.41) is 0. The molecule has 1 aromatic carbocycles. The van der Waals surface area contributed by atoms with Gasteiger partial charge in [-0.1, -0.05) is 18.2 Å². The summed E-state index contributed by atoms with van der Waals surface area (Å²) >= 11 is 1.25. The van der Waals surface area contributed by atoms with E-state index in [1.165, 1.54) is 11.9 Å². The molecule has 51 valence electrons. The van der Waals surface area contributed by atoms with Gasteiger partial charge < -0.3 is 0 Å². The highest BCUT2D eigenvalue weighted by molar-refractivity contribution is 7.97. The van der Waals surface area contributed by atoms with Gasteiger partial charge in [0.05, 0.1) is 0 Å². The third kappa shape index (κ3) is 2.11. The van der Waals surface area contributed by atoms with Gasteiger partial charge in [0.2, 0.25) is 0 Å². The minimum Gasteiger partial charge on any atom is -0.288 e. The molecule has 0 heterocycles. The normalized spacial score (nSPS) is 8.80. The summed E-state index contributed by atoms with van der Waals surface area (Å²) in [6, 6.07) is 9.57. The second-order valence-corrected chi connectivity index (χ2v) is 2.50. The van der Waals surface area contributed by atoms with Gasteiger partial charge >= 0.3 is 6.41 Å². The zero-order valence-corrected chi connectivity index (χ0v) is 6.02. The molecule has 0 bridgehead atoms. The molecule has 0 atom stereocenters. The van der Waals surface area contributed by atoms with Gasteiger partial charge in [-0.25, -0.2) is 0 Å². The SMILES string of the molecule is O=[C]NSc1ccccc1. The monoisotopic (exact) mass is 152 g/mol. The molecule has 0 unspecified atom stereocenters. The van der Waals surface area contributed by atoms with Crippen LogP contribution in [0, 0.1) is 0 Å². The van der Waals surface area contributed by atoms with Crippen LogP contribution < -0.4 is 4.72 Å². The van der Waals surface area contributed by atoms with E-state index >= 15 is 0 Å². The molecule has 0 fully saturated rings. The predicted octanol–water partition coefficient (Wildman–Crippen LogP) is 1.35. The molecule has 0 aliphatic rings. The van der Waals surface area contributed by atoms with E-state index in [0.717, 1.165) is 4.90 Å². The Balaban J connectivity index is 2.50. The molecular weight excluding hydrogens is 146 g/mol. The van der Waals surface area contributed by atoms with Crippen LogP contribution in [0.15, 0.2) is 35.2 Å². The number of nitrogens with one attached hydrogen (secondary N) is 1. The minimum atomic E-state index is 1.01. The highest BCUT2D eigenvalue weighted by Crippen LogP contribution is 2.11. The first-order valence-corrected chi connectivity index (χ1v) is 3.59. The molecule has 10 heavy (non-hydrogen) atoms. The molecule has 0 aromatic heterocycles. The quantitative estimate of drug-likeness (QED) is 0.523. The first kappa shape index (κ1) is 7.15. The van der Waals surface area contributed by atoms with Crippen molar-refractivity contribution in [1.29, 1.82) is 0 Å². The first-order chi connectivity index (χ1) is 4.93. The lowest BCUT2D eigenvalue weighted by Gasteiger charge is -1.94. The second-order valence-electron chi connectivity index (χ2n) is 1.62. The molecule has 0 saturated carbocycles. The Morgan fingerprint density at radius 2 is 2.00 bits per heavy atom. The van der Waals surface area contributed by atoms with Crippen molar-refractivity contribution in [2.75, 3.05) is 0 Å². The van der Waals surface area contributed by atoms with Gasteiger partial charge in [0.25, 0.3) is 0 Å². The van der Waals surface area contributed by atoms with E-state index in [0.29, 0.717) is 0 Å². The lowest BCUT2D eigenvalue weighted by molar-refractivity contribution is 0.554. The third-order valence-corrected chi connectivity index (χ3v) is 1.65. The molecule has 3 heteroatoms. The summed E-state index contributed by atoms with van der Waals surface area (Å²) in [7, 11) is 0. The Hall–Kier alpha value is -0.960. The molecule has 0 aliphatic carbocycles. The molecule has 1 amide bonds. The molecule has 2 nitrogen and oxygen atoms in total. The van der Waals surface area contributed by atoms with Crippen molar-refractivity contribution in [3.63, 3.8) is 0 Å². The fraction of sp³-hybridized carbons (Fsp3) is 0.